The first kappa shape index (κ1) is 28.0. The summed E-state index contributed by atoms with van der Waals surface area (Å²) in [6.07, 6.45) is 0.527. The highest BCUT2D eigenvalue weighted by Crippen LogP contribution is 2.44. The monoisotopic (exact) mass is 582 g/mol. The molecule has 7 rings (SSSR count). The zero-order valence-corrected chi connectivity index (χ0v) is 25.8. The number of methoxy groups -OCH3 is 2. The van der Waals surface area contributed by atoms with Crippen LogP contribution in [0.15, 0.2) is 78.9 Å². The Labute approximate surface area is 258 Å². The maximum absolute atomic E-state index is 13.2. The van der Waals surface area contributed by atoms with E-state index >= 15 is 0 Å². The van der Waals surface area contributed by atoms with Crippen molar-refractivity contribution in [3.05, 3.63) is 112 Å². The van der Waals surface area contributed by atoms with Crippen molar-refractivity contribution >= 4 is 57.3 Å². The second kappa shape index (κ2) is 10.4. The molecular formula is C37H35BN2O4. The minimum atomic E-state index is -1.38. The predicted molar refractivity (Wildman–Crippen MR) is 178 cm³/mol. The summed E-state index contributed by atoms with van der Waals surface area (Å²) in [6, 6.07) is 28.0. The minimum absolute atomic E-state index is 0.190. The number of ether oxygens (including phenoxy) is 2. The number of nitrogens with zero attached hydrogens (tertiary/aromatic N) is 1. The largest absolute Gasteiger partial charge is 0.468 e. The molecule has 1 heterocycles. The summed E-state index contributed by atoms with van der Waals surface area (Å²) >= 11 is 0. The fraction of sp³-hybridized carbons (Fsp3) is 0.243. The Morgan fingerprint density at radius 1 is 0.773 bits per heavy atom. The van der Waals surface area contributed by atoms with Crippen molar-refractivity contribution in [1.82, 2.24) is 0 Å². The van der Waals surface area contributed by atoms with E-state index < -0.39 is 17.4 Å². The average Bonchev–Trinajstić information content (AvgIpc) is 3.47. The molecule has 1 N–H and O–H groups in total. The van der Waals surface area contributed by atoms with Crippen molar-refractivity contribution in [3.63, 3.8) is 0 Å². The van der Waals surface area contributed by atoms with Gasteiger partial charge in [-0.1, -0.05) is 66.7 Å². The van der Waals surface area contributed by atoms with Gasteiger partial charge >= 0.3 is 18.9 Å². The first-order chi connectivity index (χ1) is 21.3. The normalized spacial score (nSPS) is 14.8. The average molecular weight is 583 g/mol. The number of rotatable bonds is 5. The first-order valence-electron chi connectivity index (χ1n) is 15.1. The molecule has 0 bridgehead atoms. The zero-order chi connectivity index (χ0) is 30.7. The summed E-state index contributed by atoms with van der Waals surface area (Å²) in [5.74, 6) is -1.10. The Bertz CT molecular complexity index is 1980. The van der Waals surface area contributed by atoms with Crippen molar-refractivity contribution < 1.29 is 19.1 Å². The third-order valence-electron chi connectivity index (χ3n) is 10.0. The Morgan fingerprint density at radius 3 is 2.11 bits per heavy atom. The minimum Gasteiger partial charge on any atom is -0.468 e. The van der Waals surface area contributed by atoms with Crippen LogP contribution in [0.25, 0.3) is 21.5 Å². The van der Waals surface area contributed by atoms with Crippen molar-refractivity contribution in [3.8, 4) is 0 Å². The van der Waals surface area contributed by atoms with Gasteiger partial charge in [-0.3, -0.25) is 9.59 Å². The molecule has 5 aromatic rings. The highest BCUT2D eigenvalue weighted by molar-refractivity contribution is 6.81. The van der Waals surface area contributed by atoms with Crippen molar-refractivity contribution in [2.45, 2.75) is 40.2 Å². The SMILES string of the molecule is COC(=O)C1(C(=O)OC)Cc2c(C)c(C)c(B3Nc4cccc5cccc(c45)N3Cc3cccc4ccccc34)c(C)c2C1. The molecule has 5 aromatic carbocycles. The molecule has 7 heteroatoms. The second-order valence-corrected chi connectivity index (χ2v) is 12.2. The number of hydrogen-bond acceptors (Lipinski definition) is 6. The molecule has 2 aliphatic rings. The third-order valence-corrected chi connectivity index (χ3v) is 10.0. The van der Waals surface area contributed by atoms with Gasteiger partial charge in [0.05, 0.1) is 14.2 Å². The lowest BCUT2D eigenvalue weighted by Crippen LogP contribution is -2.57. The van der Waals surface area contributed by atoms with Crippen LogP contribution in [0.1, 0.15) is 33.4 Å². The van der Waals surface area contributed by atoms with E-state index in [-0.39, 0.29) is 19.8 Å². The molecule has 6 nitrogen and oxygen atoms in total. The van der Waals surface area contributed by atoms with E-state index in [1.54, 1.807) is 0 Å². The predicted octanol–water partition coefficient (Wildman–Crippen LogP) is 6.18. The van der Waals surface area contributed by atoms with Crippen LogP contribution in [0, 0.1) is 26.2 Å². The number of carbonyl (C=O) groups excluding carboxylic acids is 2. The van der Waals surface area contributed by atoms with Crippen LogP contribution >= 0.6 is 0 Å². The molecule has 0 aromatic heterocycles. The van der Waals surface area contributed by atoms with E-state index in [2.05, 4.69) is 110 Å². The zero-order valence-electron chi connectivity index (χ0n) is 25.8. The number of fused-ring (bicyclic) bond motifs is 2. The topological polar surface area (TPSA) is 67.9 Å². The van der Waals surface area contributed by atoms with Crippen LogP contribution in [-0.2, 0) is 38.4 Å². The van der Waals surface area contributed by atoms with Gasteiger partial charge in [-0.2, -0.15) is 0 Å². The molecule has 0 radical (unpaired) electrons. The van der Waals surface area contributed by atoms with E-state index in [0.29, 0.717) is 6.54 Å². The van der Waals surface area contributed by atoms with Crippen LogP contribution in [0.3, 0.4) is 0 Å². The van der Waals surface area contributed by atoms with Crippen LogP contribution in [0.5, 0.6) is 0 Å². The molecule has 0 unspecified atom stereocenters. The standard InChI is InChI=1S/C37H35BN2O4/c1-22-23(2)34(24(3)30-20-37(19-29(22)30,35(41)43-4)36(42)44-5)38-39-31-17-9-13-26-14-10-18-32(33(26)31)40(38)21-27-15-8-12-25-11-6-7-16-28(25)27/h6-18,39H,19-21H2,1-5H3. The summed E-state index contributed by atoms with van der Waals surface area (Å²) in [5, 5.41) is 8.77. The Hall–Kier alpha value is -4.78. The molecule has 0 amide bonds. The van der Waals surface area contributed by atoms with Crippen molar-refractivity contribution in [1.29, 1.82) is 0 Å². The highest BCUT2D eigenvalue weighted by Gasteiger charge is 2.54. The first-order valence-corrected chi connectivity index (χ1v) is 15.1. The lowest BCUT2D eigenvalue weighted by atomic mass is 9.59. The van der Waals surface area contributed by atoms with Gasteiger partial charge in [-0.25, -0.2) is 0 Å². The van der Waals surface area contributed by atoms with Crippen LogP contribution < -0.4 is 15.5 Å². The molecule has 0 fully saturated rings. The van der Waals surface area contributed by atoms with Gasteiger partial charge in [0.25, 0.3) is 0 Å². The van der Waals surface area contributed by atoms with Crippen LogP contribution in [0.2, 0.25) is 0 Å². The summed E-state index contributed by atoms with van der Waals surface area (Å²) in [6.45, 7) is 6.89. The maximum atomic E-state index is 13.2. The van der Waals surface area contributed by atoms with Crippen molar-refractivity contribution in [2.24, 2.45) is 5.41 Å². The van der Waals surface area contributed by atoms with E-state index in [9.17, 15) is 9.59 Å². The Kier molecular flexibility index (Phi) is 6.65. The summed E-state index contributed by atoms with van der Waals surface area (Å²) in [7, 11) is 2.67. The number of hydrogen-bond donors (Lipinski definition) is 1. The maximum Gasteiger partial charge on any atom is 0.409 e. The number of benzene rings is 5. The molecule has 0 spiro atoms. The molecular weight excluding hydrogens is 547 g/mol. The highest BCUT2D eigenvalue weighted by atomic mass is 16.5. The van der Waals surface area contributed by atoms with Gasteiger partial charge in [0.2, 0.25) is 0 Å². The van der Waals surface area contributed by atoms with Gasteiger partial charge in [-0.15, -0.1) is 0 Å². The Balaban J connectivity index is 1.43. The lowest BCUT2D eigenvalue weighted by molar-refractivity contribution is -0.168. The quantitative estimate of drug-likeness (QED) is 0.152. The van der Waals surface area contributed by atoms with Gasteiger partial charge in [0, 0.05) is 36.1 Å². The summed E-state index contributed by atoms with van der Waals surface area (Å²) in [5.41, 5.74) is 8.70. The third kappa shape index (κ3) is 4.02. The van der Waals surface area contributed by atoms with E-state index in [4.69, 9.17) is 9.47 Å². The fourth-order valence-electron chi connectivity index (χ4n) is 7.71. The molecule has 0 saturated carbocycles. The van der Waals surface area contributed by atoms with Crippen LogP contribution in [-0.4, -0.2) is 33.1 Å². The van der Waals surface area contributed by atoms with E-state index in [1.807, 2.05) is 0 Å². The molecule has 220 valence electrons. The summed E-state index contributed by atoms with van der Waals surface area (Å²) in [4.78, 5) is 28.8. The number of nitrogens with one attached hydrogen (secondary N) is 1. The summed E-state index contributed by atoms with van der Waals surface area (Å²) < 4.78 is 10.4. The van der Waals surface area contributed by atoms with E-state index in [0.717, 1.165) is 33.5 Å². The van der Waals surface area contributed by atoms with Gasteiger partial charge < -0.3 is 19.5 Å². The fourth-order valence-corrected chi connectivity index (χ4v) is 7.71. The molecule has 44 heavy (non-hydrogen) atoms. The number of esters is 2. The Morgan fingerprint density at radius 2 is 1.39 bits per heavy atom. The van der Waals surface area contributed by atoms with Crippen molar-refractivity contribution in [2.75, 3.05) is 24.3 Å². The van der Waals surface area contributed by atoms with E-state index in [1.165, 1.54) is 52.5 Å². The molecule has 1 aliphatic carbocycles. The number of carbonyl (C=O) groups is 2. The van der Waals surface area contributed by atoms with Gasteiger partial charge in [0.15, 0.2) is 5.41 Å². The second-order valence-electron chi connectivity index (χ2n) is 12.2. The van der Waals surface area contributed by atoms with Gasteiger partial charge in [-0.05, 0) is 87.9 Å². The molecule has 0 saturated heterocycles. The smallest absolute Gasteiger partial charge is 0.409 e. The van der Waals surface area contributed by atoms with Crippen LogP contribution in [0.4, 0.5) is 11.4 Å². The number of anilines is 2. The molecule has 0 atom stereocenters. The lowest BCUT2D eigenvalue weighted by Gasteiger charge is -2.39. The van der Waals surface area contributed by atoms with Gasteiger partial charge in [0.1, 0.15) is 0 Å². The molecule has 1 aliphatic heterocycles.